The molecule has 1 N–H and O–H groups in total. The SMILES string of the molecule is Brc1ccccc1-c1csc(-c2ncc[nH]2)n1. The van der Waals surface area contributed by atoms with Crippen molar-refractivity contribution in [2.45, 2.75) is 0 Å². The molecule has 0 spiro atoms. The summed E-state index contributed by atoms with van der Waals surface area (Å²) in [6.45, 7) is 0. The van der Waals surface area contributed by atoms with Gasteiger partial charge in [-0.05, 0) is 6.07 Å². The highest BCUT2D eigenvalue weighted by Gasteiger charge is 2.09. The molecule has 0 aliphatic rings. The molecule has 0 atom stereocenters. The predicted molar refractivity (Wildman–Crippen MR) is 72.8 cm³/mol. The molecule has 3 aromatic rings. The highest BCUT2D eigenvalue weighted by molar-refractivity contribution is 9.10. The minimum absolute atomic E-state index is 0.813. The third-order valence-corrected chi connectivity index (χ3v) is 3.90. The number of nitrogens with one attached hydrogen (secondary N) is 1. The molecule has 0 amide bonds. The van der Waals surface area contributed by atoms with Gasteiger partial charge in [0.05, 0.1) is 5.69 Å². The van der Waals surface area contributed by atoms with Crippen LogP contribution in [-0.2, 0) is 0 Å². The zero-order valence-corrected chi connectivity index (χ0v) is 11.1. The highest BCUT2D eigenvalue weighted by atomic mass is 79.9. The van der Waals surface area contributed by atoms with E-state index in [1.807, 2.05) is 29.6 Å². The largest absolute Gasteiger partial charge is 0.343 e. The van der Waals surface area contributed by atoms with E-state index in [1.165, 1.54) is 0 Å². The average molecular weight is 306 g/mol. The number of benzene rings is 1. The zero-order valence-electron chi connectivity index (χ0n) is 8.72. The van der Waals surface area contributed by atoms with Crippen molar-refractivity contribution in [1.82, 2.24) is 15.0 Å². The van der Waals surface area contributed by atoms with Crippen molar-refractivity contribution in [2.24, 2.45) is 0 Å². The van der Waals surface area contributed by atoms with E-state index >= 15 is 0 Å². The molecule has 1 aromatic carbocycles. The maximum Gasteiger partial charge on any atom is 0.166 e. The Bertz CT molecular complexity index is 631. The molecule has 3 rings (SSSR count). The maximum atomic E-state index is 4.58. The Kier molecular flexibility index (Phi) is 2.78. The fourth-order valence-corrected chi connectivity index (χ4v) is 2.82. The standard InChI is InChI=1S/C12H8BrN3S/c13-9-4-2-1-3-8(9)10-7-17-12(16-10)11-14-5-6-15-11/h1-7H,(H,14,15). The van der Waals surface area contributed by atoms with Gasteiger partial charge in [0.2, 0.25) is 0 Å². The third-order valence-electron chi connectivity index (χ3n) is 2.35. The first kappa shape index (κ1) is 10.7. The number of nitrogens with zero attached hydrogens (tertiary/aromatic N) is 2. The van der Waals surface area contributed by atoms with Gasteiger partial charge in [-0.1, -0.05) is 34.1 Å². The van der Waals surface area contributed by atoms with Crippen molar-refractivity contribution < 1.29 is 0 Å². The fraction of sp³-hybridized carbons (Fsp3) is 0. The van der Waals surface area contributed by atoms with Crippen LogP contribution in [0.5, 0.6) is 0 Å². The highest BCUT2D eigenvalue weighted by Crippen LogP contribution is 2.31. The van der Waals surface area contributed by atoms with Crippen LogP contribution in [0.25, 0.3) is 22.1 Å². The van der Waals surface area contributed by atoms with Crippen molar-refractivity contribution in [3.8, 4) is 22.1 Å². The van der Waals surface area contributed by atoms with E-state index in [1.54, 1.807) is 23.7 Å². The van der Waals surface area contributed by atoms with Crippen LogP contribution in [0.1, 0.15) is 0 Å². The van der Waals surface area contributed by atoms with Gasteiger partial charge in [-0.2, -0.15) is 0 Å². The maximum absolute atomic E-state index is 4.58. The van der Waals surface area contributed by atoms with Crippen molar-refractivity contribution in [2.75, 3.05) is 0 Å². The van der Waals surface area contributed by atoms with Crippen LogP contribution in [0.15, 0.2) is 46.5 Å². The molecule has 0 radical (unpaired) electrons. The first-order chi connectivity index (χ1) is 8.34. The minimum Gasteiger partial charge on any atom is -0.343 e. The molecule has 17 heavy (non-hydrogen) atoms. The molecule has 0 saturated carbocycles. The zero-order chi connectivity index (χ0) is 11.7. The topological polar surface area (TPSA) is 41.6 Å². The molecular weight excluding hydrogens is 298 g/mol. The van der Waals surface area contributed by atoms with Crippen molar-refractivity contribution in [1.29, 1.82) is 0 Å². The van der Waals surface area contributed by atoms with Gasteiger partial charge in [0, 0.05) is 27.8 Å². The van der Waals surface area contributed by atoms with E-state index in [0.717, 1.165) is 26.6 Å². The number of halogens is 1. The van der Waals surface area contributed by atoms with Gasteiger partial charge in [0.25, 0.3) is 0 Å². The summed E-state index contributed by atoms with van der Waals surface area (Å²) in [5, 5.41) is 2.94. The molecule has 2 aromatic heterocycles. The van der Waals surface area contributed by atoms with Crippen LogP contribution in [0.3, 0.4) is 0 Å². The molecule has 0 aliphatic heterocycles. The smallest absolute Gasteiger partial charge is 0.166 e. The van der Waals surface area contributed by atoms with Crippen LogP contribution >= 0.6 is 27.3 Å². The number of thiazole rings is 1. The third kappa shape index (κ3) is 2.03. The summed E-state index contributed by atoms with van der Waals surface area (Å²) in [6, 6.07) is 8.06. The molecule has 0 aliphatic carbocycles. The van der Waals surface area contributed by atoms with Gasteiger partial charge >= 0.3 is 0 Å². The Labute approximate surface area is 111 Å². The van der Waals surface area contributed by atoms with E-state index in [2.05, 4.69) is 30.9 Å². The number of hydrogen-bond acceptors (Lipinski definition) is 3. The van der Waals surface area contributed by atoms with Gasteiger partial charge in [-0.15, -0.1) is 11.3 Å². The van der Waals surface area contributed by atoms with E-state index in [9.17, 15) is 0 Å². The van der Waals surface area contributed by atoms with E-state index < -0.39 is 0 Å². The number of aromatic nitrogens is 3. The number of H-pyrrole nitrogens is 1. The number of hydrogen-bond donors (Lipinski definition) is 1. The second-order valence-corrected chi connectivity index (χ2v) is 5.17. The lowest BCUT2D eigenvalue weighted by molar-refractivity contribution is 1.27. The van der Waals surface area contributed by atoms with E-state index in [0.29, 0.717) is 0 Å². The molecule has 84 valence electrons. The molecular formula is C12H8BrN3S. The summed E-state index contributed by atoms with van der Waals surface area (Å²) in [6.07, 6.45) is 3.53. The number of rotatable bonds is 2. The monoisotopic (exact) mass is 305 g/mol. The lowest BCUT2D eigenvalue weighted by Gasteiger charge is -1.98. The summed E-state index contributed by atoms with van der Waals surface area (Å²) in [5.41, 5.74) is 2.07. The quantitative estimate of drug-likeness (QED) is 0.778. The van der Waals surface area contributed by atoms with Gasteiger partial charge in [-0.25, -0.2) is 9.97 Å². The summed E-state index contributed by atoms with van der Waals surface area (Å²) >= 11 is 5.12. The lowest BCUT2D eigenvalue weighted by atomic mass is 10.2. The van der Waals surface area contributed by atoms with Crippen molar-refractivity contribution in [3.63, 3.8) is 0 Å². The fourth-order valence-electron chi connectivity index (χ4n) is 1.56. The first-order valence-corrected chi connectivity index (χ1v) is 6.72. The Hall–Kier alpha value is -1.46. The van der Waals surface area contributed by atoms with Crippen LogP contribution in [0.2, 0.25) is 0 Å². The second kappa shape index (κ2) is 4.43. The van der Waals surface area contributed by atoms with Crippen molar-refractivity contribution in [3.05, 3.63) is 46.5 Å². The van der Waals surface area contributed by atoms with Crippen LogP contribution in [0, 0.1) is 0 Å². The summed E-state index contributed by atoms with van der Waals surface area (Å²) in [4.78, 5) is 11.8. The van der Waals surface area contributed by atoms with Gasteiger partial charge in [0.1, 0.15) is 0 Å². The van der Waals surface area contributed by atoms with E-state index in [-0.39, 0.29) is 0 Å². The molecule has 0 fully saturated rings. The molecule has 0 saturated heterocycles. The minimum atomic E-state index is 0.813. The second-order valence-electron chi connectivity index (χ2n) is 3.46. The van der Waals surface area contributed by atoms with Crippen molar-refractivity contribution >= 4 is 27.3 Å². The van der Waals surface area contributed by atoms with Crippen LogP contribution < -0.4 is 0 Å². The molecule has 5 heteroatoms. The summed E-state index contributed by atoms with van der Waals surface area (Å²) in [7, 11) is 0. The average Bonchev–Trinajstić information content (AvgIpc) is 3.00. The number of aromatic amines is 1. The molecule has 0 bridgehead atoms. The first-order valence-electron chi connectivity index (χ1n) is 5.05. The Balaban J connectivity index is 2.04. The molecule has 0 unspecified atom stereocenters. The van der Waals surface area contributed by atoms with Crippen LogP contribution in [-0.4, -0.2) is 15.0 Å². The van der Waals surface area contributed by atoms with Gasteiger partial charge in [-0.3, -0.25) is 0 Å². The van der Waals surface area contributed by atoms with E-state index in [4.69, 9.17) is 0 Å². The molecule has 2 heterocycles. The Morgan fingerprint density at radius 2 is 2.12 bits per heavy atom. The normalized spacial score (nSPS) is 10.6. The Morgan fingerprint density at radius 1 is 1.24 bits per heavy atom. The summed E-state index contributed by atoms with van der Waals surface area (Å²) < 4.78 is 1.05. The number of imidazole rings is 1. The lowest BCUT2D eigenvalue weighted by Crippen LogP contribution is -1.81. The summed E-state index contributed by atoms with van der Waals surface area (Å²) in [5.74, 6) is 0.813. The van der Waals surface area contributed by atoms with Gasteiger partial charge in [0.15, 0.2) is 10.8 Å². The Morgan fingerprint density at radius 3 is 2.88 bits per heavy atom. The van der Waals surface area contributed by atoms with Gasteiger partial charge < -0.3 is 4.98 Å². The molecule has 3 nitrogen and oxygen atoms in total. The van der Waals surface area contributed by atoms with Crippen LogP contribution in [0.4, 0.5) is 0 Å². The predicted octanol–water partition coefficient (Wildman–Crippen LogP) is 3.96.